The standard InChI is InChI=1S/C11H14N2O/c1-8-3-2-4-9(7-8)10-11(14)13-6-5-12-10/h2-4,7,10,12H,5-6H2,1H3,(H,13,14)/t10-/m1/s1. The molecule has 0 radical (unpaired) electrons. The molecule has 0 spiro atoms. The van der Waals surface area contributed by atoms with E-state index in [0.717, 1.165) is 18.7 Å². The largest absolute Gasteiger partial charge is 0.353 e. The van der Waals surface area contributed by atoms with Gasteiger partial charge in [-0.3, -0.25) is 4.79 Å². The van der Waals surface area contributed by atoms with E-state index in [0.29, 0.717) is 0 Å². The van der Waals surface area contributed by atoms with E-state index in [-0.39, 0.29) is 11.9 Å². The number of aryl methyl sites for hydroxylation is 1. The number of piperazine rings is 1. The Balaban J connectivity index is 2.24. The number of carbonyl (C=O) groups is 1. The van der Waals surface area contributed by atoms with Gasteiger partial charge in [0.05, 0.1) is 0 Å². The molecule has 0 bridgehead atoms. The fourth-order valence-electron chi connectivity index (χ4n) is 1.72. The molecule has 1 aliphatic rings. The van der Waals surface area contributed by atoms with Crippen molar-refractivity contribution in [2.24, 2.45) is 0 Å². The molecule has 1 aromatic carbocycles. The van der Waals surface area contributed by atoms with Gasteiger partial charge in [-0.2, -0.15) is 0 Å². The molecule has 2 rings (SSSR count). The van der Waals surface area contributed by atoms with Gasteiger partial charge in [0.2, 0.25) is 5.91 Å². The predicted octanol–water partition coefficient (Wildman–Crippen LogP) is 0.756. The minimum atomic E-state index is -0.177. The minimum Gasteiger partial charge on any atom is -0.353 e. The molecule has 0 aliphatic carbocycles. The highest BCUT2D eigenvalue weighted by molar-refractivity contribution is 5.83. The van der Waals surface area contributed by atoms with E-state index in [1.807, 2.05) is 31.2 Å². The SMILES string of the molecule is Cc1cccc([C@H]2NCCNC2=O)c1. The van der Waals surface area contributed by atoms with E-state index in [1.54, 1.807) is 0 Å². The Morgan fingerprint density at radius 3 is 2.93 bits per heavy atom. The monoisotopic (exact) mass is 190 g/mol. The van der Waals surface area contributed by atoms with Crippen LogP contribution in [0.4, 0.5) is 0 Å². The van der Waals surface area contributed by atoms with Gasteiger partial charge < -0.3 is 10.6 Å². The average molecular weight is 190 g/mol. The molecule has 1 saturated heterocycles. The van der Waals surface area contributed by atoms with Crippen molar-refractivity contribution in [2.45, 2.75) is 13.0 Å². The quantitative estimate of drug-likeness (QED) is 0.686. The highest BCUT2D eigenvalue weighted by Gasteiger charge is 2.22. The van der Waals surface area contributed by atoms with E-state index < -0.39 is 0 Å². The fraction of sp³-hybridized carbons (Fsp3) is 0.364. The number of carbonyl (C=O) groups excluding carboxylic acids is 1. The number of amides is 1. The summed E-state index contributed by atoms with van der Waals surface area (Å²) in [7, 11) is 0. The minimum absolute atomic E-state index is 0.0712. The molecular weight excluding hydrogens is 176 g/mol. The summed E-state index contributed by atoms with van der Waals surface area (Å²) in [4.78, 5) is 11.5. The van der Waals surface area contributed by atoms with Crippen LogP contribution in [-0.2, 0) is 4.79 Å². The molecule has 1 atom stereocenters. The van der Waals surface area contributed by atoms with Crippen LogP contribution in [0.5, 0.6) is 0 Å². The lowest BCUT2D eigenvalue weighted by molar-refractivity contribution is -0.124. The Labute approximate surface area is 83.5 Å². The second kappa shape index (κ2) is 3.80. The molecule has 3 nitrogen and oxygen atoms in total. The number of hydrogen-bond donors (Lipinski definition) is 2. The van der Waals surface area contributed by atoms with Gasteiger partial charge in [-0.1, -0.05) is 29.8 Å². The van der Waals surface area contributed by atoms with Gasteiger partial charge in [0.25, 0.3) is 0 Å². The molecule has 1 fully saturated rings. The highest BCUT2D eigenvalue weighted by Crippen LogP contribution is 2.15. The van der Waals surface area contributed by atoms with Crippen molar-refractivity contribution in [1.29, 1.82) is 0 Å². The zero-order chi connectivity index (χ0) is 9.97. The number of hydrogen-bond acceptors (Lipinski definition) is 2. The first-order valence-corrected chi connectivity index (χ1v) is 4.85. The Morgan fingerprint density at radius 2 is 2.21 bits per heavy atom. The van der Waals surface area contributed by atoms with Crippen LogP contribution in [0.25, 0.3) is 0 Å². The van der Waals surface area contributed by atoms with Crippen molar-refractivity contribution in [3.8, 4) is 0 Å². The summed E-state index contributed by atoms with van der Waals surface area (Å²) in [6.45, 7) is 3.59. The van der Waals surface area contributed by atoms with Crippen LogP contribution in [0.2, 0.25) is 0 Å². The van der Waals surface area contributed by atoms with E-state index in [9.17, 15) is 4.79 Å². The van der Waals surface area contributed by atoms with Crippen LogP contribution in [0.1, 0.15) is 17.2 Å². The summed E-state index contributed by atoms with van der Waals surface area (Å²) in [5, 5.41) is 6.05. The average Bonchev–Trinajstić information content (AvgIpc) is 2.18. The van der Waals surface area contributed by atoms with E-state index in [2.05, 4.69) is 10.6 Å². The van der Waals surface area contributed by atoms with Crippen molar-refractivity contribution in [3.05, 3.63) is 35.4 Å². The number of benzene rings is 1. The van der Waals surface area contributed by atoms with E-state index in [4.69, 9.17) is 0 Å². The second-order valence-electron chi connectivity index (χ2n) is 3.59. The second-order valence-corrected chi connectivity index (χ2v) is 3.59. The Morgan fingerprint density at radius 1 is 1.36 bits per heavy atom. The molecular formula is C11H14N2O. The summed E-state index contributed by atoms with van der Waals surface area (Å²) in [5.74, 6) is 0.0712. The Hall–Kier alpha value is -1.35. The van der Waals surface area contributed by atoms with Crippen molar-refractivity contribution < 1.29 is 4.79 Å². The maximum Gasteiger partial charge on any atom is 0.241 e. The van der Waals surface area contributed by atoms with Crippen LogP contribution in [0.3, 0.4) is 0 Å². The maximum absolute atomic E-state index is 11.5. The van der Waals surface area contributed by atoms with Gasteiger partial charge in [-0.05, 0) is 12.5 Å². The molecule has 2 N–H and O–H groups in total. The van der Waals surface area contributed by atoms with Crippen molar-refractivity contribution in [2.75, 3.05) is 13.1 Å². The van der Waals surface area contributed by atoms with Crippen molar-refractivity contribution in [1.82, 2.24) is 10.6 Å². The van der Waals surface area contributed by atoms with Gasteiger partial charge in [0, 0.05) is 13.1 Å². The van der Waals surface area contributed by atoms with Gasteiger partial charge in [-0.25, -0.2) is 0 Å². The summed E-state index contributed by atoms with van der Waals surface area (Å²) in [6.07, 6.45) is 0. The smallest absolute Gasteiger partial charge is 0.241 e. The molecule has 74 valence electrons. The summed E-state index contributed by atoms with van der Waals surface area (Å²) in [5.41, 5.74) is 2.23. The van der Waals surface area contributed by atoms with Crippen LogP contribution < -0.4 is 10.6 Å². The highest BCUT2D eigenvalue weighted by atomic mass is 16.2. The maximum atomic E-state index is 11.5. The lowest BCUT2D eigenvalue weighted by atomic mass is 10.0. The lowest BCUT2D eigenvalue weighted by Gasteiger charge is -2.23. The molecule has 0 aromatic heterocycles. The van der Waals surface area contributed by atoms with Crippen LogP contribution >= 0.6 is 0 Å². The number of rotatable bonds is 1. The molecule has 3 heteroatoms. The van der Waals surface area contributed by atoms with Crippen LogP contribution in [0, 0.1) is 6.92 Å². The van der Waals surface area contributed by atoms with Crippen molar-refractivity contribution >= 4 is 5.91 Å². The zero-order valence-corrected chi connectivity index (χ0v) is 8.21. The fourth-order valence-corrected chi connectivity index (χ4v) is 1.72. The molecule has 1 aromatic rings. The molecule has 1 heterocycles. The Kier molecular flexibility index (Phi) is 2.50. The van der Waals surface area contributed by atoms with Gasteiger partial charge in [-0.15, -0.1) is 0 Å². The third-order valence-electron chi connectivity index (χ3n) is 2.41. The van der Waals surface area contributed by atoms with Crippen LogP contribution in [0.15, 0.2) is 24.3 Å². The summed E-state index contributed by atoms with van der Waals surface area (Å²) in [6, 6.07) is 7.86. The topological polar surface area (TPSA) is 41.1 Å². The first-order valence-electron chi connectivity index (χ1n) is 4.85. The van der Waals surface area contributed by atoms with Gasteiger partial charge in [0.15, 0.2) is 0 Å². The van der Waals surface area contributed by atoms with Gasteiger partial charge >= 0.3 is 0 Å². The predicted molar refractivity (Wildman–Crippen MR) is 54.9 cm³/mol. The molecule has 0 saturated carbocycles. The zero-order valence-electron chi connectivity index (χ0n) is 8.21. The lowest BCUT2D eigenvalue weighted by Crippen LogP contribution is -2.47. The molecule has 1 amide bonds. The third kappa shape index (κ3) is 1.77. The first kappa shape index (κ1) is 9.21. The van der Waals surface area contributed by atoms with E-state index >= 15 is 0 Å². The van der Waals surface area contributed by atoms with Gasteiger partial charge in [0.1, 0.15) is 6.04 Å². The first-order chi connectivity index (χ1) is 6.77. The summed E-state index contributed by atoms with van der Waals surface area (Å²) >= 11 is 0. The van der Waals surface area contributed by atoms with Crippen LogP contribution in [-0.4, -0.2) is 19.0 Å². The Bertz CT molecular complexity index is 349. The molecule has 1 aliphatic heterocycles. The van der Waals surface area contributed by atoms with Crippen molar-refractivity contribution in [3.63, 3.8) is 0 Å². The van der Waals surface area contributed by atoms with E-state index in [1.165, 1.54) is 5.56 Å². The molecule has 14 heavy (non-hydrogen) atoms. The summed E-state index contributed by atoms with van der Waals surface area (Å²) < 4.78 is 0. The normalized spacial score (nSPS) is 21.8. The molecule has 0 unspecified atom stereocenters. The number of nitrogens with one attached hydrogen (secondary N) is 2. The third-order valence-corrected chi connectivity index (χ3v) is 2.41.